The summed E-state index contributed by atoms with van der Waals surface area (Å²) in [4.78, 5) is 23.7. The Labute approximate surface area is 149 Å². The van der Waals surface area contributed by atoms with Crippen LogP contribution in [0.4, 0.5) is 5.69 Å². The highest BCUT2D eigenvalue weighted by Gasteiger charge is 2.16. The Bertz CT molecular complexity index is 528. The molecule has 1 unspecified atom stereocenters. The molecule has 1 saturated heterocycles. The Hall–Kier alpha value is -1.63. The smallest absolute Gasteiger partial charge is 0.226 e. The summed E-state index contributed by atoms with van der Waals surface area (Å²) in [6, 6.07) is 7.57. The molecule has 1 aliphatic heterocycles. The van der Waals surface area contributed by atoms with Gasteiger partial charge < -0.3 is 20.7 Å². The summed E-state index contributed by atoms with van der Waals surface area (Å²) in [5.41, 5.74) is 1.66. The van der Waals surface area contributed by atoms with Gasteiger partial charge in [-0.15, -0.1) is 12.4 Å². The SMILES string of the molecule is CC(C)NC(=O)Cc1ccc(NC(=O)CC2COCCN2)cc1.Cl. The molecule has 1 aliphatic rings. The quantitative estimate of drug-likeness (QED) is 0.722. The van der Waals surface area contributed by atoms with Crippen LogP contribution in [0.2, 0.25) is 0 Å². The van der Waals surface area contributed by atoms with E-state index in [9.17, 15) is 9.59 Å². The Morgan fingerprint density at radius 3 is 2.54 bits per heavy atom. The maximum atomic E-state index is 12.0. The van der Waals surface area contributed by atoms with Crippen LogP contribution in [0.5, 0.6) is 0 Å². The molecule has 24 heavy (non-hydrogen) atoms. The number of rotatable bonds is 6. The number of hydrogen-bond donors (Lipinski definition) is 3. The fourth-order valence-electron chi connectivity index (χ4n) is 2.45. The fraction of sp³-hybridized carbons (Fsp3) is 0.529. The molecule has 6 nitrogen and oxygen atoms in total. The largest absolute Gasteiger partial charge is 0.378 e. The van der Waals surface area contributed by atoms with Crippen molar-refractivity contribution < 1.29 is 14.3 Å². The molecule has 2 rings (SSSR count). The molecule has 0 radical (unpaired) electrons. The highest BCUT2D eigenvalue weighted by atomic mass is 35.5. The third-order valence-corrected chi connectivity index (χ3v) is 3.48. The molecule has 1 fully saturated rings. The van der Waals surface area contributed by atoms with E-state index in [0.717, 1.165) is 17.8 Å². The second kappa shape index (κ2) is 10.3. The van der Waals surface area contributed by atoms with Crippen molar-refractivity contribution in [3.05, 3.63) is 29.8 Å². The first-order chi connectivity index (χ1) is 11.0. The monoisotopic (exact) mass is 355 g/mol. The summed E-state index contributed by atoms with van der Waals surface area (Å²) in [5.74, 6) is -0.0431. The molecule has 1 atom stereocenters. The number of morpholine rings is 1. The van der Waals surface area contributed by atoms with E-state index in [0.29, 0.717) is 26.1 Å². The zero-order chi connectivity index (χ0) is 16.7. The Balaban J connectivity index is 0.00000288. The van der Waals surface area contributed by atoms with Crippen LogP contribution in [0.1, 0.15) is 25.8 Å². The second-order valence-electron chi connectivity index (χ2n) is 6.07. The third-order valence-electron chi connectivity index (χ3n) is 3.48. The normalized spacial score (nSPS) is 17.0. The summed E-state index contributed by atoms with van der Waals surface area (Å²) in [5, 5.41) is 8.97. The minimum atomic E-state index is -0.0432. The van der Waals surface area contributed by atoms with Crippen molar-refractivity contribution in [2.45, 2.75) is 38.8 Å². The summed E-state index contributed by atoms with van der Waals surface area (Å²) in [6.45, 7) is 5.91. The summed E-state index contributed by atoms with van der Waals surface area (Å²) < 4.78 is 5.33. The number of ether oxygens (including phenoxy) is 1. The second-order valence-corrected chi connectivity index (χ2v) is 6.07. The van der Waals surface area contributed by atoms with Gasteiger partial charge in [0.1, 0.15) is 0 Å². The van der Waals surface area contributed by atoms with Crippen molar-refractivity contribution >= 4 is 29.9 Å². The molecule has 0 spiro atoms. The Kier molecular flexibility index (Phi) is 8.74. The van der Waals surface area contributed by atoms with Crippen molar-refractivity contribution in [2.75, 3.05) is 25.1 Å². The van der Waals surface area contributed by atoms with Crippen LogP contribution in [-0.2, 0) is 20.7 Å². The van der Waals surface area contributed by atoms with Crippen LogP contribution in [-0.4, -0.2) is 43.7 Å². The number of benzene rings is 1. The molecule has 0 saturated carbocycles. The first kappa shape index (κ1) is 20.4. The van der Waals surface area contributed by atoms with Crippen LogP contribution < -0.4 is 16.0 Å². The molecule has 0 bridgehead atoms. The molecule has 0 aromatic heterocycles. The van der Waals surface area contributed by atoms with Crippen molar-refractivity contribution in [3.63, 3.8) is 0 Å². The van der Waals surface area contributed by atoms with Gasteiger partial charge in [0.15, 0.2) is 0 Å². The van der Waals surface area contributed by atoms with E-state index in [1.165, 1.54) is 0 Å². The van der Waals surface area contributed by atoms with E-state index >= 15 is 0 Å². The van der Waals surface area contributed by atoms with Crippen LogP contribution in [0.25, 0.3) is 0 Å². The van der Waals surface area contributed by atoms with E-state index in [1.54, 1.807) is 0 Å². The van der Waals surface area contributed by atoms with Gasteiger partial charge in [-0.3, -0.25) is 9.59 Å². The van der Waals surface area contributed by atoms with E-state index < -0.39 is 0 Å². The lowest BCUT2D eigenvalue weighted by Crippen LogP contribution is -2.43. The lowest BCUT2D eigenvalue weighted by molar-refractivity contribution is -0.121. The van der Waals surface area contributed by atoms with Gasteiger partial charge in [0.25, 0.3) is 0 Å². The molecule has 134 valence electrons. The number of anilines is 1. The predicted octanol–water partition coefficient (Wildman–Crippen LogP) is 1.49. The number of carbonyl (C=O) groups is 2. The molecule has 1 aromatic rings. The van der Waals surface area contributed by atoms with Crippen molar-refractivity contribution in [1.82, 2.24) is 10.6 Å². The van der Waals surface area contributed by atoms with Gasteiger partial charge in [0.05, 0.1) is 19.6 Å². The van der Waals surface area contributed by atoms with Crippen LogP contribution in [0.15, 0.2) is 24.3 Å². The standard InChI is InChI=1S/C17H25N3O3.ClH/c1-12(2)19-16(21)9-13-3-5-14(6-4-13)20-17(22)10-15-11-23-8-7-18-15;/h3-6,12,15,18H,7-11H2,1-2H3,(H,19,21)(H,20,22);1H. The maximum absolute atomic E-state index is 12.0. The van der Waals surface area contributed by atoms with Gasteiger partial charge in [0, 0.05) is 30.7 Å². The van der Waals surface area contributed by atoms with Gasteiger partial charge in [0.2, 0.25) is 11.8 Å². The Morgan fingerprint density at radius 2 is 1.96 bits per heavy atom. The number of carbonyl (C=O) groups excluding carboxylic acids is 2. The molecule has 1 aromatic carbocycles. The van der Waals surface area contributed by atoms with Crippen LogP contribution in [0, 0.1) is 0 Å². The predicted molar refractivity (Wildman–Crippen MR) is 96.5 cm³/mol. The number of hydrogen-bond acceptors (Lipinski definition) is 4. The zero-order valence-electron chi connectivity index (χ0n) is 14.1. The average molecular weight is 356 g/mol. The summed E-state index contributed by atoms with van der Waals surface area (Å²) in [6.07, 6.45) is 0.730. The third kappa shape index (κ3) is 7.29. The number of halogens is 1. The molecule has 7 heteroatoms. The molecular formula is C17H26ClN3O3. The molecule has 0 aliphatic carbocycles. The highest BCUT2D eigenvalue weighted by Crippen LogP contribution is 2.11. The summed E-state index contributed by atoms with van der Waals surface area (Å²) >= 11 is 0. The van der Waals surface area contributed by atoms with Crippen molar-refractivity contribution in [2.24, 2.45) is 0 Å². The minimum absolute atomic E-state index is 0. The molecule has 1 heterocycles. The van der Waals surface area contributed by atoms with Crippen molar-refractivity contribution in [1.29, 1.82) is 0 Å². The van der Waals surface area contributed by atoms with Gasteiger partial charge in [-0.25, -0.2) is 0 Å². The van der Waals surface area contributed by atoms with Gasteiger partial charge >= 0.3 is 0 Å². The zero-order valence-corrected chi connectivity index (χ0v) is 14.9. The van der Waals surface area contributed by atoms with E-state index in [1.807, 2.05) is 38.1 Å². The molecule has 3 N–H and O–H groups in total. The lowest BCUT2D eigenvalue weighted by Gasteiger charge is -2.23. The average Bonchev–Trinajstić information content (AvgIpc) is 2.49. The van der Waals surface area contributed by atoms with E-state index in [2.05, 4.69) is 16.0 Å². The number of nitrogens with one attached hydrogen (secondary N) is 3. The van der Waals surface area contributed by atoms with Gasteiger partial charge in [-0.05, 0) is 31.5 Å². The van der Waals surface area contributed by atoms with Crippen LogP contribution >= 0.6 is 12.4 Å². The van der Waals surface area contributed by atoms with E-state index in [-0.39, 0.29) is 36.3 Å². The van der Waals surface area contributed by atoms with Gasteiger partial charge in [-0.2, -0.15) is 0 Å². The molecule has 2 amide bonds. The van der Waals surface area contributed by atoms with Crippen molar-refractivity contribution in [3.8, 4) is 0 Å². The first-order valence-corrected chi connectivity index (χ1v) is 8.02. The summed E-state index contributed by atoms with van der Waals surface area (Å²) in [7, 11) is 0. The molecular weight excluding hydrogens is 330 g/mol. The minimum Gasteiger partial charge on any atom is -0.378 e. The van der Waals surface area contributed by atoms with Gasteiger partial charge in [-0.1, -0.05) is 12.1 Å². The van der Waals surface area contributed by atoms with Crippen LogP contribution in [0.3, 0.4) is 0 Å². The fourth-order valence-corrected chi connectivity index (χ4v) is 2.45. The topological polar surface area (TPSA) is 79.5 Å². The highest BCUT2D eigenvalue weighted by molar-refractivity contribution is 5.91. The lowest BCUT2D eigenvalue weighted by atomic mass is 10.1. The first-order valence-electron chi connectivity index (χ1n) is 8.02. The Morgan fingerprint density at radius 1 is 1.25 bits per heavy atom. The number of amides is 2. The van der Waals surface area contributed by atoms with E-state index in [4.69, 9.17) is 4.74 Å². The maximum Gasteiger partial charge on any atom is 0.226 e.